The molecule has 1 heterocycles. The van der Waals surface area contributed by atoms with Gasteiger partial charge < -0.3 is 4.74 Å². The molecular formula is C13H15ClN2O3S2. The van der Waals surface area contributed by atoms with Crippen LogP contribution in [0.25, 0.3) is 0 Å². The van der Waals surface area contributed by atoms with Crippen LogP contribution in [0, 0.1) is 0 Å². The number of nitrogens with zero attached hydrogens (tertiary/aromatic N) is 2. The topological polar surface area (TPSA) is 59.5 Å². The molecular weight excluding hydrogens is 332 g/mol. The molecule has 8 heteroatoms. The van der Waals surface area contributed by atoms with Crippen molar-refractivity contribution in [1.82, 2.24) is 9.29 Å². The number of aromatic nitrogens is 1. The molecule has 21 heavy (non-hydrogen) atoms. The SMILES string of the molecule is CN(Cc1cscn1)S(=O)(=O)c1ccc(OCCCl)cc1. The van der Waals surface area contributed by atoms with E-state index in [0.29, 0.717) is 18.2 Å². The zero-order valence-corrected chi connectivity index (χ0v) is 13.8. The first-order valence-corrected chi connectivity index (χ1v) is 9.08. The van der Waals surface area contributed by atoms with E-state index in [-0.39, 0.29) is 11.4 Å². The molecule has 0 unspecified atom stereocenters. The molecule has 1 aromatic heterocycles. The Hall–Kier alpha value is -1.15. The Morgan fingerprint density at radius 2 is 2.05 bits per heavy atom. The molecule has 5 nitrogen and oxygen atoms in total. The highest BCUT2D eigenvalue weighted by Crippen LogP contribution is 2.20. The van der Waals surface area contributed by atoms with Crippen molar-refractivity contribution < 1.29 is 13.2 Å². The standard InChI is InChI=1S/C13H15ClN2O3S2/c1-16(8-11-9-20-10-15-11)21(17,18)13-4-2-12(3-5-13)19-7-6-14/h2-5,9-10H,6-8H2,1H3. The summed E-state index contributed by atoms with van der Waals surface area (Å²) in [5, 5.41) is 1.83. The van der Waals surface area contributed by atoms with Gasteiger partial charge in [0.2, 0.25) is 10.0 Å². The first-order chi connectivity index (χ1) is 10.0. The fourth-order valence-corrected chi connectivity index (χ4v) is 3.44. The Morgan fingerprint density at radius 3 is 2.62 bits per heavy atom. The largest absolute Gasteiger partial charge is 0.492 e. The van der Waals surface area contributed by atoms with Crippen LogP contribution in [0.3, 0.4) is 0 Å². The molecule has 0 amide bonds. The summed E-state index contributed by atoms with van der Waals surface area (Å²) in [5.74, 6) is 0.980. The van der Waals surface area contributed by atoms with Crippen molar-refractivity contribution in [2.45, 2.75) is 11.4 Å². The molecule has 1 aromatic carbocycles. The van der Waals surface area contributed by atoms with Gasteiger partial charge in [0.15, 0.2) is 0 Å². The molecule has 0 saturated heterocycles. The number of hydrogen-bond donors (Lipinski definition) is 0. The van der Waals surface area contributed by atoms with Crippen LogP contribution in [-0.2, 0) is 16.6 Å². The average molecular weight is 347 g/mol. The lowest BCUT2D eigenvalue weighted by Gasteiger charge is -2.16. The molecule has 114 valence electrons. The Kier molecular flexibility index (Phi) is 5.58. The third-order valence-corrected chi connectivity index (χ3v) is 5.35. The molecule has 0 aliphatic rings. The number of ether oxygens (including phenoxy) is 1. The molecule has 0 fully saturated rings. The second kappa shape index (κ2) is 7.22. The monoisotopic (exact) mass is 346 g/mol. The summed E-state index contributed by atoms with van der Waals surface area (Å²) >= 11 is 6.97. The Bertz CT molecular complexity index is 657. The normalized spacial score (nSPS) is 11.8. The van der Waals surface area contributed by atoms with Gasteiger partial charge in [-0.1, -0.05) is 0 Å². The fraction of sp³-hybridized carbons (Fsp3) is 0.308. The number of rotatable bonds is 7. The summed E-state index contributed by atoms with van der Waals surface area (Å²) < 4.78 is 31.4. The molecule has 0 N–H and O–H groups in total. The number of sulfonamides is 1. The van der Waals surface area contributed by atoms with E-state index < -0.39 is 10.0 Å². The molecule has 2 aromatic rings. The van der Waals surface area contributed by atoms with Crippen molar-refractivity contribution in [3.63, 3.8) is 0 Å². The molecule has 0 aliphatic heterocycles. The van der Waals surface area contributed by atoms with Crippen LogP contribution >= 0.6 is 22.9 Å². The maximum atomic E-state index is 12.4. The van der Waals surface area contributed by atoms with Gasteiger partial charge >= 0.3 is 0 Å². The minimum Gasteiger partial charge on any atom is -0.492 e. The van der Waals surface area contributed by atoms with Crippen LogP contribution < -0.4 is 4.74 Å². The van der Waals surface area contributed by atoms with Crippen LogP contribution in [0.15, 0.2) is 40.1 Å². The molecule has 0 radical (unpaired) electrons. The Labute approximate surface area is 133 Å². The molecule has 0 aliphatic carbocycles. The maximum Gasteiger partial charge on any atom is 0.243 e. The fourth-order valence-electron chi connectivity index (χ4n) is 1.67. The van der Waals surface area contributed by atoms with Gasteiger partial charge in [-0.2, -0.15) is 4.31 Å². The predicted octanol–water partition coefficient (Wildman–Crippen LogP) is 2.58. The van der Waals surface area contributed by atoms with Crippen molar-refractivity contribution in [2.75, 3.05) is 19.5 Å². The smallest absolute Gasteiger partial charge is 0.243 e. The third kappa shape index (κ3) is 4.16. The van der Waals surface area contributed by atoms with Crippen molar-refractivity contribution >= 4 is 33.0 Å². The molecule has 0 spiro atoms. The van der Waals surface area contributed by atoms with Crippen molar-refractivity contribution in [2.24, 2.45) is 0 Å². The quantitative estimate of drug-likeness (QED) is 0.723. The van der Waals surface area contributed by atoms with E-state index in [0.717, 1.165) is 5.69 Å². The number of thiazole rings is 1. The van der Waals surface area contributed by atoms with Gasteiger partial charge in [-0.15, -0.1) is 22.9 Å². The highest BCUT2D eigenvalue weighted by Gasteiger charge is 2.21. The molecule has 0 saturated carbocycles. The summed E-state index contributed by atoms with van der Waals surface area (Å²) in [5.41, 5.74) is 2.41. The summed E-state index contributed by atoms with van der Waals surface area (Å²) in [4.78, 5) is 4.31. The molecule has 0 bridgehead atoms. The summed E-state index contributed by atoms with van der Waals surface area (Å²) in [6, 6.07) is 6.29. The van der Waals surface area contributed by atoms with Crippen molar-refractivity contribution in [3.8, 4) is 5.75 Å². The number of alkyl halides is 1. The van der Waals surface area contributed by atoms with E-state index in [1.807, 2.05) is 5.38 Å². The van der Waals surface area contributed by atoms with Crippen molar-refractivity contribution in [3.05, 3.63) is 40.8 Å². The number of benzene rings is 1. The van der Waals surface area contributed by atoms with Gasteiger partial charge in [-0.05, 0) is 24.3 Å². The van der Waals surface area contributed by atoms with Crippen LogP contribution in [0.1, 0.15) is 5.69 Å². The first-order valence-electron chi connectivity index (χ1n) is 6.16. The summed E-state index contributed by atoms with van der Waals surface area (Å²) in [6.45, 7) is 0.633. The lowest BCUT2D eigenvalue weighted by atomic mass is 10.3. The maximum absolute atomic E-state index is 12.4. The van der Waals surface area contributed by atoms with Crippen LogP contribution in [0.5, 0.6) is 5.75 Å². The second-order valence-electron chi connectivity index (χ2n) is 4.25. The third-order valence-electron chi connectivity index (χ3n) is 2.75. The Balaban J connectivity index is 2.11. The van der Waals surface area contributed by atoms with Gasteiger partial charge in [-0.25, -0.2) is 13.4 Å². The zero-order valence-electron chi connectivity index (χ0n) is 11.4. The first kappa shape index (κ1) is 16.2. The van der Waals surface area contributed by atoms with E-state index >= 15 is 0 Å². The lowest BCUT2D eigenvalue weighted by Crippen LogP contribution is -2.26. The van der Waals surface area contributed by atoms with E-state index in [1.165, 1.54) is 34.8 Å². The second-order valence-corrected chi connectivity index (χ2v) is 7.39. The average Bonchev–Trinajstić information content (AvgIpc) is 2.98. The predicted molar refractivity (Wildman–Crippen MR) is 83.4 cm³/mol. The summed E-state index contributed by atoms with van der Waals surface area (Å²) in [6.07, 6.45) is 0. The minimum absolute atomic E-state index is 0.221. The van der Waals surface area contributed by atoms with E-state index in [2.05, 4.69) is 4.98 Å². The van der Waals surface area contributed by atoms with E-state index in [4.69, 9.17) is 16.3 Å². The highest BCUT2D eigenvalue weighted by molar-refractivity contribution is 7.89. The van der Waals surface area contributed by atoms with Crippen LogP contribution in [0.2, 0.25) is 0 Å². The van der Waals surface area contributed by atoms with E-state index in [9.17, 15) is 8.42 Å². The number of halogens is 1. The van der Waals surface area contributed by atoms with Crippen LogP contribution in [-0.4, -0.2) is 37.2 Å². The van der Waals surface area contributed by atoms with Gasteiger partial charge in [0, 0.05) is 12.4 Å². The highest BCUT2D eigenvalue weighted by atomic mass is 35.5. The van der Waals surface area contributed by atoms with Gasteiger partial charge in [0.05, 0.1) is 28.5 Å². The minimum atomic E-state index is -3.54. The number of hydrogen-bond acceptors (Lipinski definition) is 5. The van der Waals surface area contributed by atoms with Crippen molar-refractivity contribution in [1.29, 1.82) is 0 Å². The molecule has 0 atom stereocenters. The molecule has 2 rings (SSSR count). The van der Waals surface area contributed by atoms with Gasteiger partial charge in [0.1, 0.15) is 12.4 Å². The van der Waals surface area contributed by atoms with Gasteiger partial charge in [0.25, 0.3) is 0 Å². The van der Waals surface area contributed by atoms with Gasteiger partial charge in [-0.3, -0.25) is 0 Å². The van der Waals surface area contributed by atoms with E-state index in [1.54, 1.807) is 17.6 Å². The van der Waals surface area contributed by atoms with Crippen LogP contribution in [0.4, 0.5) is 0 Å². The zero-order chi connectivity index (χ0) is 15.3. The summed E-state index contributed by atoms with van der Waals surface area (Å²) in [7, 11) is -2.00. The lowest BCUT2D eigenvalue weighted by molar-refractivity contribution is 0.342. The Morgan fingerprint density at radius 1 is 1.33 bits per heavy atom.